The van der Waals surface area contributed by atoms with Crippen LogP contribution in [0.25, 0.3) is 0 Å². The van der Waals surface area contributed by atoms with Gasteiger partial charge in [0.05, 0.1) is 0 Å². The van der Waals surface area contributed by atoms with Crippen LogP contribution in [0.1, 0.15) is 36.6 Å². The minimum absolute atomic E-state index is 0.672. The lowest BCUT2D eigenvalue weighted by atomic mass is 9.94. The van der Waals surface area contributed by atoms with Gasteiger partial charge in [0.2, 0.25) is 0 Å². The van der Waals surface area contributed by atoms with E-state index < -0.39 is 0 Å². The molecule has 1 aromatic rings. The molecule has 0 radical (unpaired) electrons. The molecule has 2 aliphatic rings. The van der Waals surface area contributed by atoms with Crippen molar-refractivity contribution in [2.24, 2.45) is 5.92 Å². The Morgan fingerprint density at radius 1 is 1.28 bits per heavy atom. The van der Waals surface area contributed by atoms with Crippen LogP contribution in [0.4, 0.5) is 0 Å². The average Bonchev–Trinajstić information content (AvgIpc) is 3.04. The summed E-state index contributed by atoms with van der Waals surface area (Å²) in [6.45, 7) is 4.71. The van der Waals surface area contributed by atoms with Crippen molar-refractivity contribution in [1.82, 2.24) is 10.2 Å². The summed E-state index contributed by atoms with van der Waals surface area (Å²) in [7, 11) is 0. The number of piperazine rings is 1. The quantitative estimate of drug-likeness (QED) is 0.911. The van der Waals surface area contributed by atoms with Crippen molar-refractivity contribution in [1.29, 1.82) is 0 Å². The maximum Gasteiger partial charge on any atom is 0.0471 e. The lowest BCUT2D eigenvalue weighted by Crippen LogP contribution is -2.46. The molecule has 0 bridgehead atoms. The topological polar surface area (TPSA) is 15.3 Å². The number of nitrogens with one attached hydrogen (secondary N) is 1. The molecule has 0 unspecified atom stereocenters. The molecule has 4 heteroatoms. The van der Waals surface area contributed by atoms with Crippen LogP contribution < -0.4 is 5.32 Å². The van der Waals surface area contributed by atoms with Gasteiger partial charge in [-0.25, -0.2) is 0 Å². The lowest BCUT2D eigenvalue weighted by Gasteiger charge is -2.37. The summed E-state index contributed by atoms with van der Waals surface area (Å²) in [6, 6.07) is 3.02. The smallest absolute Gasteiger partial charge is 0.0471 e. The normalized spacial score (nSPS) is 24.5. The van der Waals surface area contributed by atoms with E-state index in [0.29, 0.717) is 6.04 Å². The van der Waals surface area contributed by atoms with Crippen molar-refractivity contribution >= 4 is 27.3 Å². The maximum absolute atomic E-state index is 3.61. The van der Waals surface area contributed by atoms with Crippen LogP contribution in [0.5, 0.6) is 0 Å². The van der Waals surface area contributed by atoms with E-state index in [2.05, 4.69) is 37.6 Å². The Morgan fingerprint density at radius 3 is 2.61 bits per heavy atom. The summed E-state index contributed by atoms with van der Waals surface area (Å²) in [5.41, 5.74) is 0. The largest absolute Gasteiger partial charge is 0.314 e. The van der Waals surface area contributed by atoms with E-state index in [4.69, 9.17) is 0 Å². The molecular formula is C14H21BrN2S. The van der Waals surface area contributed by atoms with Gasteiger partial charge in [0.15, 0.2) is 0 Å². The maximum atomic E-state index is 3.61. The fraction of sp³-hybridized carbons (Fsp3) is 0.714. The second-order valence-electron chi connectivity index (χ2n) is 5.44. The zero-order chi connectivity index (χ0) is 12.4. The second kappa shape index (κ2) is 6.04. The van der Waals surface area contributed by atoms with Crippen LogP contribution in [0.3, 0.4) is 0 Å². The number of hydrogen-bond acceptors (Lipinski definition) is 3. The monoisotopic (exact) mass is 328 g/mol. The molecule has 0 spiro atoms. The van der Waals surface area contributed by atoms with Crippen molar-refractivity contribution < 1.29 is 0 Å². The molecule has 18 heavy (non-hydrogen) atoms. The molecule has 1 N–H and O–H groups in total. The van der Waals surface area contributed by atoms with Gasteiger partial charge in [-0.2, -0.15) is 0 Å². The number of nitrogens with zero attached hydrogens (tertiary/aromatic N) is 1. The summed E-state index contributed by atoms with van der Waals surface area (Å²) >= 11 is 5.54. The summed E-state index contributed by atoms with van der Waals surface area (Å²) in [4.78, 5) is 4.28. The van der Waals surface area contributed by atoms with Gasteiger partial charge in [-0.1, -0.05) is 12.8 Å². The van der Waals surface area contributed by atoms with E-state index in [1.165, 1.54) is 43.2 Å². The van der Waals surface area contributed by atoms with Gasteiger partial charge in [-0.3, -0.25) is 4.90 Å². The van der Waals surface area contributed by atoms with E-state index in [9.17, 15) is 0 Å². The van der Waals surface area contributed by atoms with Gasteiger partial charge in [-0.15, -0.1) is 11.3 Å². The highest BCUT2D eigenvalue weighted by Gasteiger charge is 2.32. The number of rotatable bonds is 3. The lowest BCUT2D eigenvalue weighted by molar-refractivity contribution is 0.128. The van der Waals surface area contributed by atoms with Gasteiger partial charge in [0, 0.05) is 47.0 Å². The molecule has 1 aliphatic heterocycles. The van der Waals surface area contributed by atoms with Gasteiger partial charge in [-0.05, 0) is 40.8 Å². The van der Waals surface area contributed by atoms with E-state index >= 15 is 0 Å². The summed E-state index contributed by atoms with van der Waals surface area (Å²) in [5.74, 6) is 0.883. The first-order chi connectivity index (χ1) is 8.84. The van der Waals surface area contributed by atoms with Crippen molar-refractivity contribution in [3.8, 4) is 0 Å². The second-order valence-corrected chi connectivity index (χ2v) is 7.30. The Kier molecular flexibility index (Phi) is 4.39. The highest BCUT2D eigenvalue weighted by Crippen LogP contribution is 2.42. The van der Waals surface area contributed by atoms with E-state index in [-0.39, 0.29) is 0 Å². The van der Waals surface area contributed by atoms with Crippen molar-refractivity contribution in [3.05, 3.63) is 20.8 Å². The Balaban J connectivity index is 1.82. The Bertz CT molecular complexity index is 381. The third kappa shape index (κ3) is 2.82. The Labute approximate surface area is 122 Å². The third-order valence-corrected chi connectivity index (χ3v) is 6.03. The summed E-state index contributed by atoms with van der Waals surface area (Å²) < 4.78 is 1.25. The first kappa shape index (κ1) is 13.1. The molecule has 1 saturated heterocycles. The highest BCUT2D eigenvalue weighted by atomic mass is 79.9. The van der Waals surface area contributed by atoms with Crippen molar-refractivity contribution in [3.63, 3.8) is 0 Å². The Hall–Kier alpha value is 0.1000. The van der Waals surface area contributed by atoms with Crippen LogP contribution in [-0.4, -0.2) is 31.1 Å². The molecule has 2 fully saturated rings. The van der Waals surface area contributed by atoms with Crippen LogP contribution >= 0.6 is 27.3 Å². The van der Waals surface area contributed by atoms with Crippen molar-refractivity contribution in [2.75, 3.05) is 26.2 Å². The zero-order valence-corrected chi connectivity index (χ0v) is 13.1. The molecule has 1 aliphatic carbocycles. The van der Waals surface area contributed by atoms with Crippen LogP contribution in [-0.2, 0) is 0 Å². The molecule has 3 rings (SSSR count). The first-order valence-corrected chi connectivity index (χ1v) is 8.70. The van der Waals surface area contributed by atoms with E-state index in [1.54, 1.807) is 4.88 Å². The van der Waals surface area contributed by atoms with Crippen LogP contribution in [0.15, 0.2) is 15.9 Å². The molecule has 0 amide bonds. The highest BCUT2D eigenvalue weighted by molar-refractivity contribution is 9.10. The fourth-order valence-electron chi connectivity index (χ4n) is 3.43. The molecule has 100 valence electrons. The standard InChI is InChI=1S/C14H21BrN2S/c15-12-9-13(18-10-12)14(11-3-1-2-4-11)17-7-5-16-6-8-17/h9-11,14,16H,1-8H2/t14-/m0/s1. The van der Waals surface area contributed by atoms with Gasteiger partial charge in [0.1, 0.15) is 0 Å². The van der Waals surface area contributed by atoms with Gasteiger partial charge in [0.25, 0.3) is 0 Å². The molecule has 1 atom stereocenters. The zero-order valence-electron chi connectivity index (χ0n) is 10.7. The van der Waals surface area contributed by atoms with Crippen LogP contribution in [0, 0.1) is 5.92 Å². The molecule has 1 saturated carbocycles. The number of hydrogen-bond donors (Lipinski definition) is 1. The number of halogens is 1. The average molecular weight is 329 g/mol. The van der Waals surface area contributed by atoms with Crippen molar-refractivity contribution in [2.45, 2.75) is 31.7 Å². The predicted molar refractivity (Wildman–Crippen MR) is 81.2 cm³/mol. The number of thiophene rings is 1. The summed E-state index contributed by atoms with van der Waals surface area (Å²) in [5, 5.41) is 5.70. The molecule has 2 nitrogen and oxygen atoms in total. The minimum atomic E-state index is 0.672. The Morgan fingerprint density at radius 2 is 2.00 bits per heavy atom. The first-order valence-electron chi connectivity index (χ1n) is 7.03. The molecular weight excluding hydrogens is 308 g/mol. The molecule has 1 aromatic heterocycles. The van der Waals surface area contributed by atoms with Gasteiger partial charge < -0.3 is 5.32 Å². The van der Waals surface area contributed by atoms with Gasteiger partial charge >= 0.3 is 0 Å². The molecule has 2 heterocycles. The fourth-order valence-corrected chi connectivity index (χ4v) is 5.10. The SMILES string of the molecule is Brc1csc([C@H](C2CCCC2)N2CCNCC2)c1. The predicted octanol–water partition coefficient (Wildman–Crippen LogP) is 3.65. The van der Waals surface area contributed by atoms with Crippen LogP contribution in [0.2, 0.25) is 0 Å². The summed E-state index contributed by atoms with van der Waals surface area (Å²) in [6.07, 6.45) is 5.70. The van der Waals surface area contributed by atoms with E-state index in [0.717, 1.165) is 19.0 Å². The minimum Gasteiger partial charge on any atom is -0.314 e. The van der Waals surface area contributed by atoms with E-state index in [1.807, 2.05) is 11.3 Å². The molecule has 0 aromatic carbocycles. The third-order valence-electron chi connectivity index (χ3n) is 4.27.